The van der Waals surface area contributed by atoms with Crippen molar-refractivity contribution in [2.45, 2.75) is 47.7 Å². The molecule has 0 aliphatic carbocycles. The van der Waals surface area contributed by atoms with Crippen LogP contribution in [0.25, 0.3) is 0 Å². The van der Waals surface area contributed by atoms with Crippen molar-refractivity contribution in [2.24, 2.45) is 0 Å². The van der Waals surface area contributed by atoms with Gasteiger partial charge in [-0.3, -0.25) is 0 Å². The minimum atomic E-state index is -7.36. The number of benzene rings is 2. The monoisotopic (exact) mass is 534 g/mol. The number of nitrogens with one attached hydrogen (secondary N) is 2. The van der Waals surface area contributed by atoms with Crippen molar-refractivity contribution < 1.29 is 47.9 Å². The number of sulfonamides is 1. The number of alkyl halides is 9. The summed E-state index contributed by atoms with van der Waals surface area (Å²) in [6.45, 7) is 0.270. The zero-order valence-corrected chi connectivity index (χ0v) is 18.4. The van der Waals surface area contributed by atoms with Gasteiger partial charge in [-0.15, -0.1) is 0 Å². The van der Waals surface area contributed by atoms with Crippen LogP contribution < -0.4 is 10.0 Å². The highest BCUT2D eigenvalue weighted by Gasteiger charge is 2.85. The summed E-state index contributed by atoms with van der Waals surface area (Å²) in [4.78, 5) is 0. The summed E-state index contributed by atoms with van der Waals surface area (Å²) in [5.41, 5.74) is -2.32. The Hall–Kier alpha value is -2.32. The third-order valence-electron chi connectivity index (χ3n) is 5.79. The van der Waals surface area contributed by atoms with E-state index in [1.807, 2.05) is 0 Å². The normalized spacial score (nSPS) is 18.6. The van der Waals surface area contributed by atoms with Crippen LogP contribution in [0.4, 0.5) is 39.5 Å². The molecule has 0 radical (unpaired) electrons. The summed E-state index contributed by atoms with van der Waals surface area (Å²) in [6, 6.07) is 12.6. The topological polar surface area (TPSA) is 58.2 Å². The molecule has 1 saturated heterocycles. The molecule has 1 fully saturated rings. The quantitative estimate of drug-likeness (QED) is 0.468. The number of halogens is 9. The molecule has 0 saturated carbocycles. The van der Waals surface area contributed by atoms with E-state index in [1.54, 1.807) is 0 Å². The molecule has 1 aliphatic heterocycles. The highest BCUT2D eigenvalue weighted by Crippen LogP contribution is 2.55. The Labute approximate surface area is 194 Å². The van der Waals surface area contributed by atoms with Gasteiger partial charge in [-0.25, -0.2) is 8.42 Å². The molecular formula is C21H19F9N2O2S. The molecule has 14 heteroatoms. The SMILES string of the molecule is O=S(=O)(NC(c1ccccc1)(c1ccccc1)C1CCCN1)C(F)(F)C(F)(F)C(F)(F)C(F)(F)F. The minimum absolute atomic E-state index is 0.0316. The zero-order chi connectivity index (χ0) is 26.3. The van der Waals surface area contributed by atoms with Crippen molar-refractivity contribution in [1.29, 1.82) is 0 Å². The summed E-state index contributed by atoms with van der Waals surface area (Å²) in [5.74, 6) is -14.7. The Morgan fingerprint density at radius 3 is 1.57 bits per heavy atom. The van der Waals surface area contributed by atoms with Crippen molar-refractivity contribution in [3.8, 4) is 0 Å². The molecule has 2 aromatic carbocycles. The number of hydrogen-bond acceptors (Lipinski definition) is 3. The molecule has 194 valence electrons. The molecular weight excluding hydrogens is 515 g/mol. The summed E-state index contributed by atoms with van der Waals surface area (Å²) >= 11 is 0. The van der Waals surface area contributed by atoms with Gasteiger partial charge in [0.15, 0.2) is 0 Å². The molecule has 0 bridgehead atoms. The van der Waals surface area contributed by atoms with Crippen LogP contribution in [0.1, 0.15) is 24.0 Å². The Bertz CT molecular complexity index is 1080. The fourth-order valence-electron chi connectivity index (χ4n) is 4.02. The number of hydrogen-bond donors (Lipinski definition) is 2. The van der Waals surface area contributed by atoms with Gasteiger partial charge in [0.2, 0.25) is 0 Å². The predicted octanol–water partition coefficient (Wildman–Crippen LogP) is 5.03. The van der Waals surface area contributed by atoms with Crippen LogP contribution in [0.2, 0.25) is 0 Å². The lowest BCUT2D eigenvalue weighted by Crippen LogP contribution is -2.68. The number of rotatable bonds is 8. The molecule has 1 unspecified atom stereocenters. The van der Waals surface area contributed by atoms with Gasteiger partial charge in [0.05, 0.1) is 5.54 Å². The molecule has 1 aliphatic rings. The van der Waals surface area contributed by atoms with Gasteiger partial charge in [0, 0.05) is 6.04 Å². The molecule has 4 nitrogen and oxygen atoms in total. The van der Waals surface area contributed by atoms with Crippen LogP contribution in [0.5, 0.6) is 0 Å². The smallest absolute Gasteiger partial charge is 0.311 e. The van der Waals surface area contributed by atoms with Gasteiger partial charge in [0.25, 0.3) is 10.0 Å². The first-order valence-corrected chi connectivity index (χ1v) is 11.6. The Balaban J connectivity index is 2.25. The van der Waals surface area contributed by atoms with Crippen molar-refractivity contribution in [3.63, 3.8) is 0 Å². The molecule has 2 aromatic rings. The molecule has 3 rings (SSSR count). The van der Waals surface area contributed by atoms with E-state index in [-0.39, 0.29) is 24.1 Å². The van der Waals surface area contributed by atoms with Crippen LogP contribution >= 0.6 is 0 Å². The van der Waals surface area contributed by atoms with E-state index >= 15 is 0 Å². The maximum absolute atomic E-state index is 14.7. The zero-order valence-electron chi connectivity index (χ0n) is 17.6. The highest BCUT2D eigenvalue weighted by molar-refractivity contribution is 7.90. The molecule has 0 amide bonds. The second kappa shape index (κ2) is 8.96. The van der Waals surface area contributed by atoms with E-state index in [2.05, 4.69) is 5.32 Å². The lowest BCUT2D eigenvalue weighted by Gasteiger charge is -2.42. The summed E-state index contributed by atoms with van der Waals surface area (Å²) in [7, 11) is -6.91. The fraction of sp³-hybridized carbons (Fsp3) is 0.429. The largest absolute Gasteiger partial charge is 0.460 e. The van der Waals surface area contributed by atoms with Crippen molar-refractivity contribution in [3.05, 3.63) is 71.8 Å². The molecule has 2 N–H and O–H groups in total. The first kappa shape index (κ1) is 27.3. The van der Waals surface area contributed by atoms with E-state index in [1.165, 1.54) is 65.4 Å². The highest BCUT2D eigenvalue weighted by atomic mass is 32.2. The predicted molar refractivity (Wildman–Crippen MR) is 108 cm³/mol. The van der Waals surface area contributed by atoms with Gasteiger partial charge in [0.1, 0.15) is 0 Å². The Kier molecular flexibility index (Phi) is 6.98. The second-order valence-corrected chi connectivity index (χ2v) is 9.68. The third-order valence-corrected chi connectivity index (χ3v) is 7.31. The van der Waals surface area contributed by atoms with Crippen LogP contribution in [-0.4, -0.2) is 44.3 Å². The summed E-state index contributed by atoms with van der Waals surface area (Å²) < 4.78 is 149. The third kappa shape index (κ3) is 4.29. The minimum Gasteiger partial charge on any atom is -0.311 e. The van der Waals surface area contributed by atoms with E-state index in [0.29, 0.717) is 6.42 Å². The standard InChI is InChI=1S/C21H19F9N2O2S/c22-18(23,20(26,27)28)19(24,25)21(29,30)35(33,34)32-17(16-12-7-13-31-16,14-8-3-1-4-9-14)15-10-5-2-6-11-15/h1-6,8-11,16,31-32H,7,12-13H2. The molecule has 0 aromatic heterocycles. The molecule has 0 spiro atoms. The summed E-state index contributed by atoms with van der Waals surface area (Å²) in [5, 5.41) is -3.99. The van der Waals surface area contributed by atoms with Crippen molar-refractivity contribution >= 4 is 10.0 Å². The fourth-order valence-corrected chi connectivity index (χ4v) is 5.42. The Morgan fingerprint density at radius 2 is 1.20 bits per heavy atom. The van der Waals surface area contributed by atoms with Gasteiger partial charge >= 0.3 is 23.3 Å². The van der Waals surface area contributed by atoms with E-state index in [4.69, 9.17) is 0 Å². The van der Waals surface area contributed by atoms with Crippen LogP contribution in [-0.2, 0) is 15.6 Å². The van der Waals surface area contributed by atoms with Gasteiger partial charge in [-0.1, -0.05) is 60.7 Å². The van der Waals surface area contributed by atoms with Crippen LogP contribution in [0.3, 0.4) is 0 Å². The average molecular weight is 534 g/mol. The maximum Gasteiger partial charge on any atom is 0.460 e. The Morgan fingerprint density at radius 1 is 0.743 bits per heavy atom. The van der Waals surface area contributed by atoms with Crippen molar-refractivity contribution in [2.75, 3.05) is 6.54 Å². The second-order valence-electron chi connectivity index (χ2n) is 7.96. The van der Waals surface area contributed by atoms with E-state index in [9.17, 15) is 47.9 Å². The van der Waals surface area contributed by atoms with Gasteiger partial charge in [-0.2, -0.15) is 44.2 Å². The molecule has 35 heavy (non-hydrogen) atoms. The van der Waals surface area contributed by atoms with E-state index in [0.717, 1.165) is 0 Å². The van der Waals surface area contributed by atoms with E-state index < -0.39 is 44.9 Å². The first-order valence-electron chi connectivity index (χ1n) is 10.1. The first-order chi connectivity index (χ1) is 16.0. The molecule has 1 heterocycles. The lowest BCUT2D eigenvalue weighted by atomic mass is 9.77. The molecule has 1 atom stereocenters. The maximum atomic E-state index is 14.7. The van der Waals surface area contributed by atoms with Crippen LogP contribution in [0, 0.1) is 0 Å². The summed E-state index contributed by atoms with van der Waals surface area (Å²) in [6.07, 6.45) is -6.61. The lowest BCUT2D eigenvalue weighted by molar-refractivity contribution is -0.382. The van der Waals surface area contributed by atoms with Crippen molar-refractivity contribution in [1.82, 2.24) is 10.0 Å². The average Bonchev–Trinajstić information content (AvgIpc) is 3.33. The van der Waals surface area contributed by atoms with Crippen LogP contribution in [0.15, 0.2) is 60.7 Å². The van der Waals surface area contributed by atoms with Gasteiger partial charge < -0.3 is 5.32 Å². The van der Waals surface area contributed by atoms with Gasteiger partial charge in [-0.05, 0) is 30.5 Å².